The Hall–Kier alpha value is -0.710. The van der Waals surface area contributed by atoms with Gasteiger partial charge in [-0.05, 0) is 25.3 Å². The molecule has 2 heterocycles. The maximum atomic E-state index is 6.29. The number of hydrogen-bond acceptors (Lipinski definition) is 4. The maximum Gasteiger partial charge on any atom is 0.149 e. The molecule has 0 amide bonds. The van der Waals surface area contributed by atoms with Gasteiger partial charge in [0.1, 0.15) is 11.6 Å². The van der Waals surface area contributed by atoms with Crippen LogP contribution in [0.1, 0.15) is 26.2 Å². The zero-order valence-corrected chi connectivity index (χ0v) is 13.5. The van der Waals surface area contributed by atoms with Crippen molar-refractivity contribution in [2.75, 3.05) is 37.0 Å². The van der Waals surface area contributed by atoms with E-state index in [4.69, 9.17) is 27.9 Å². The third kappa shape index (κ3) is 3.68. The van der Waals surface area contributed by atoms with Crippen LogP contribution >= 0.6 is 23.2 Å². The number of piperidine rings is 1. The molecule has 0 bridgehead atoms. The summed E-state index contributed by atoms with van der Waals surface area (Å²) in [6, 6.07) is 1.77. The molecule has 1 aliphatic rings. The largest absolute Gasteiger partial charge is 0.381 e. The molecule has 1 aromatic heterocycles. The van der Waals surface area contributed by atoms with Crippen LogP contribution in [0.4, 0.5) is 11.6 Å². The molecular formula is C14H21Cl2N3O. The van der Waals surface area contributed by atoms with E-state index in [2.05, 4.69) is 22.1 Å². The fourth-order valence-corrected chi connectivity index (χ4v) is 2.89. The van der Waals surface area contributed by atoms with Gasteiger partial charge in [0, 0.05) is 26.7 Å². The van der Waals surface area contributed by atoms with E-state index < -0.39 is 0 Å². The molecule has 1 aliphatic heterocycles. The third-order valence-corrected chi connectivity index (χ3v) is 4.09. The van der Waals surface area contributed by atoms with E-state index in [0.29, 0.717) is 22.0 Å². The molecule has 0 saturated carbocycles. The summed E-state index contributed by atoms with van der Waals surface area (Å²) in [5.41, 5.74) is 0. The van der Waals surface area contributed by atoms with Crippen LogP contribution < -0.4 is 10.2 Å². The summed E-state index contributed by atoms with van der Waals surface area (Å²) in [6.07, 6.45) is 3.36. The second-order valence-electron chi connectivity index (χ2n) is 4.97. The lowest BCUT2D eigenvalue weighted by atomic mass is 10.1. The molecule has 1 aromatic rings. The highest BCUT2D eigenvalue weighted by molar-refractivity contribution is 6.37. The van der Waals surface area contributed by atoms with Crippen molar-refractivity contribution in [2.45, 2.75) is 32.3 Å². The Kier molecular flexibility index (Phi) is 5.75. The number of aromatic nitrogens is 1. The Morgan fingerprint density at radius 1 is 1.35 bits per heavy atom. The minimum Gasteiger partial charge on any atom is -0.381 e. The van der Waals surface area contributed by atoms with Crippen LogP contribution in [-0.2, 0) is 4.74 Å². The summed E-state index contributed by atoms with van der Waals surface area (Å²) in [6.45, 7) is 4.76. The van der Waals surface area contributed by atoms with Gasteiger partial charge in [-0.2, -0.15) is 0 Å². The van der Waals surface area contributed by atoms with Crippen molar-refractivity contribution in [3.63, 3.8) is 0 Å². The Balaban J connectivity index is 2.14. The molecular weight excluding hydrogens is 297 g/mol. The molecule has 1 saturated heterocycles. The molecule has 0 atom stereocenters. The van der Waals surface area contributed by atoms with Crippen LogP contribution in [0.3, 0.4) is 0 Å². The zero-order valence-electron chi connectivity index (χ0n) is 12.0. The molecule has 20 heavy (non-hydrogen) atoms. The molecule has 6 heteroatoms. The maximum absolute atomic E-state index is 6.29. The summed E-state index contributed by atoms with van der Waals surface area (Å²) >= 11 is 12.5. The van der Waals surface area contributed by atoms with Gasteiger partial charge < -0.3 is 15.0 Å². The number of halogens is 2. The van der Waals surface area contributed by atoms with Crippen LogP contribution in [0.25, 0.3) is 0 Å². The highest BCUT2D eigenvalue weighted by Gasteiger charge is 2.22. The van der Waals surface area contributed by atoms with Gasteiger partial charge in [0.05, 0.1) is 16.1 Å². The van der Waals surface area contributed by atoms with Crippen molar-refractivity contribution >= 4 is 34.8 Å². The standard InChI is InChI=1S/C14H21Cl2N3O/c1-3-6-17-13-11(15)9-12(16)14(18-13)19-7-4-10(20-2)5-8-19/h9-10H,3-8H2,1-2H3,(H,17,18). The fraction of sp³-hybridized carbons (Fsp3) is 0.643. The highest BCUT2D eigenvalue weighted by Crippen LogP contribution is 2.33. The van der Waals surface area contributed by atoms with Crippen LogP contribution in [0.5, 0.6) is 0 Å². The summed E-state index contributed by atoms with van der Waals surface area (Å²) in [5, 5.41) is 4.41. The zero-order chi connectivity index (χ0) is 14.5. The number of methoxy groups -OCH3 is 1. The summed E-state index contributed by atoms with van der Waals surface area (Å²) in [5.74, 6) is 1.52. The number of nitrogens with zero attached hydrogens (tertiary/aromatic N) is 2. The number of rotatable bonds is 5. The Bertz CT molecular complexity index is 448. The Morgan fingerprint density at radius 3 is 2.65 bits per heavy atom. The van der Waals surface area contributed by atoms with Crippen molar-refractivity contribution in [3.8, 4) is 0 Å². The van der Waals surface area contributed by atoms with Crippen LogP contribution in [0, 0.1) is 0 Å². The van der Waals surface area contributed by atoms with E-state index in [0.717, 1.165) is 44.7 Å². The molecule has 0 radical (unpaired) electrons. The number of pyridine rings is 1. The normalized spacial score (nSPS) is 16.5. The monoisotopic (exact) mass is 317 g/mol. The predicted molar refractivity (Wildman–Crippen MR) is 85.3 cm³/mol. The first-order chi connectivity index (χ1) is 9.65. The van der Waals surface area contributed by atoms with Crippen molar-refractivity contribution in [2.24, 2.45) is 0 Å². The summed E-state index contributed by atoms with van der Waals surface area (Å²) in [4.78, 5) is 6.79. The summed E-state index contributed by atoms with van der Waals surface area (Å²) < 4.78 is 5.39. The van der Waals surface area contributed by atoms with Gasteiger partial charge in [-0.3, -0.25) is 0 Å². The van der Waals surface area contributed by atoms with E-state index in [1.54, 1.807) is 13.2 Å². The van der Waals surface area contributed by atoms with Gasteiger partial charge in [0.25, 0.3) is 0 Å². The van der Waals surface area contributed by atoms with Crippen molar-refractivity contribution in [1.29, 1.82) is 0 Å². The van der Waals surface area contributed by atoms with Gasteiger partial charge in [0.2, 0.25) is 0 Å². The molecule has 0 spiro atoms. The Labute approximate surface area is 130 Å². The first-order valence-electron chi connectivity index (χ1n) is 7.03. The smallest absolute Gasteiger partial charge is 0.149 e. The average molecular weight is 318 g/mol. The van der Waals surface area contributed by atoms with E-state index in [9.17, 15) is 0 Å². The molecule has 1 fully saturated rings. The number of ether oxygens (including phenoxy) is 1. The average Bonchev–Trinajstić information content (AvgIpc) is 2.47. The second-order valence-corrected chi connectivity index (χ2v) is 5.79. The van der Waals surface area contributed by atoms with Gasteiger partial charge in [0.15, 0.2) is 0 Å². The lowest BCUT2D eigenvalue weighted by Crippen LogP contribution is -2.37. The molecule has 0 unspecified atom stereocenters. The van der Waals surface area contributed by atoms with Crippen LogP contribution in [0.15, 0.2) is 6.07 Å². The summed E-state index contributed by atoms with van der Waals surface area (Å²) in [7, 11) is 1.76. The lowest BCUT2D eigenvalue weighted by molar-refractivity contribution is 0.0818. The SMILES string of the molecule is CCCNc1nc(N2CCC(OC)CC2)c(Cl)cc1Cl. The van der Waals surface area contributed by atoms with Crippen molar-refractivity contribution in [1.82, 2.24) is 4.98 Å². The fourth-order valence-electron chi connectivity index (χ4n) is 2.35. The molecule has 112 valence electrons. The number of nitrogens with one attached hydrogen (secondary N) is 1. The first kappa shape index (κ1) is 15.7. The van der Waals surface area contributed by atoms with E-state index in [-0.39, 0.29) is 0 Å². The molecule has 1 N–H and O–H groups in total. The molecule has 2 rings (SSSR count). The van der Waals surface area contributed by atoms with E-state index >= 15 is 0 Å². The predicted octanol–water partition coefficient (Wildman–Crippen LogP) is 3.83. The van der Waals surface area contributed by atoms with Gasteiger partial charge in [-0.15, -0.1) is 0 Å². The molecule has 0 aromatic carbocycles. The van der Waals surface area contributed by atoms with E-state index in [1.807, 2.05) is 0 Å². The van der Waals surface area contributed by atoms with Gasteiger partial charge in [-0.25, -0.2) is 4.98 Å². The van der Waals surface area contributed by atoms with Gasteiger partial charge >= 0.3 is 0 Å². The lowest BCUT2D eigenvalue weighted by Gasteiger charge is -2.32. The Morgan fingerprint density at radius 2 is 2.05 bits per heavy atom. The van der Waals surface area contributed by atoms with Crippen LogP contribution in [-0.4, -0.2) is 37.8 Å². The molecule has 4 nitrogen and oxygen atoms in total. The quantitative estimate of drug-likeness (QED) is 0.895. The topological polar surface area (TPSA) is 37.4 Å². The third-order valence-electron chi connectivity index (χ3n) is 3.53. The highest BCUT2D eigenvalue weighted by atomic mass is 35.5. The van der Waals surface area contributed by atoms with Crippen molar-refractivity contribution in [3.05, 3.63) is 16.1 Å². The number of anilines is 2. The molecule has 0 aliphatic carbocycles. The minimum absolute atomic E-state index is 0.343. The second kappa shape index (κ2) is 7.34. The first-order valence-corrected chi connectivity index (χ1v) is 7.79. The van der Waals surface area contributed by atoms with Crippen LogP contribution in [0.2, 0.25) is 10.0 Å². The van der Waals surface area contributed by atoms with Gasteiger partial charge in [-0.1, -0.05) is 30.1 Å². The van der Waals surface area contributed by atoms with Crippen molar-refractivity contribution < 1.29 is 4.74 Å². The number of hydrogen-bond donors (Lipinski definition) is 1. The van der Waals surface area contributed by atoms with E-state index in [1.165, 1.54) is 0 Å². The minimum atomic E-state index is 0.343.